The Balaban J connectivity index is 5.62. The van der Waals surface area contributed by atoms with E-state index in [-0.39, 0.29) is 19.4 Å². The van der Waals surface area contributed by atoms with Crippen LogP contribution >= 0.6 is 0 Å². The fraction of sp³-hybridized carbons (Fsp3) is 0.750. The highest BCUT2D eigenvalue weighted by molar-refractivity contribution is 5.94. The van der Waals surface area contributed by atoms with Crippen LogP contribution < -0.4 is 0 Å². The lowest BCUT2D eigenvalue weighted by Gasteiger charge is -2.32. The van der Waals surface area contributed by atoms with Crippen molar-refractivity contribution >= 4 is 18.2 Å². The summed E-state index contributed by atoms with van der Waals surface area (Å²) in [5, 5.41) is 0. The molecular weight excluding hydrogens is 401 g/mol. The van der Waals surface area contributed by atoms with E-state index in [4.69, 9.17) is 14.2 Å². The molecule has 0 spiro atoms. The molecule has 174 valence electrons. The van der Waals surface area contributed by atoms with Crippen molar-refractivity contribution in [2.24, 2.45) is 0 Å². The van der Waals surface area contributed by atoms with E-state index >= 15 is 0 Å². The van der Waals surface area contributed by atoms with Gasteiger partial charge >= 0.3 is 18.2 Å². The SMILES string of the molecule is CCOOC/C(F)=C/CC[C@@H](C(=O)OC)N(C(=O)OC(C)(C)C)C(=O)OC(C)(C)C. The third-order valence-corrected chi connectivity index (χ3v) is 3.17. The van der Waals surface area contributed by atoms with E-state index in [1.165, 1.54) is 0 Å². The van der Waals surface area contributed by atoms with Crippen molar-refractivity contribution in [3.63, 3.8) is 0 Å². The highest BCUT2D eigenvalue weighted by atomic mass is 19.1. The maximum absolute atomic E-state index is 13.8. The van der Waals surface area contributed by atoms with E-state index in [0.717, 1.165) is 13.2 Å². The lowest BCUT2D eigenvalue weighted by atomic mass is 10.1. The van der Waals surface area contributed by atoms with Crippen molar-refractivity contribution in [3.05, 3.63) is 11.9 Å². The summed E-state index contributed by atoms with van der Waals surface area (Å²) in [7, 11) is 1.12. The topological polar surface area (TPSA) is 101 Å². The average Bonchev–Trinajstić information content (AvgIpc) is 2.57. The predicted octanol–water partition coefficient (Wildman–Crippen LogP) is 4.30. The van der Waals surface area contributed by atoms with Crippen molar-refractivity contribution in [3.8, 4) is 0 Å². The number of carbonyl (C=O) groups excluding carboxylic acids is 3. The van der Waals surface area contributed by atoms with Gasteiger partial charge < -0.3 is 14.2 Å². The summed E-state index contributed by atoms with van der Waals surface area (Å²) in [6, 6.07) is -1.38. The molecule has 0 saturated heterocycles. The van der Waals surface area contributed by atoms with Gasteiger partial charge in [-0.3, -0.25) is 0 Å². The zero-order valence-electron chi connectivity index (χ0n) is 19.1. The molecule has 1 atom stereocenters. The van der Waals surface area contributed by atoms with Crippen LogP contribution in [0, 0.1) is 0 Å². The molecule has 30 heavy (non-hydrogen) atoms. The molecule has 0 fully saturated rings. The van der Waals surface area contributed by atoms with Crippen LogP contribution in [-0.4, -0.2) is 60.6 Å². The average molecular weight is 435 g/mol. The Kier molecular flexibility index (Phi) is 11.6. The van der Waals surface area contributed by atoms with Crippen LogP contribution in [0.3, 0.4) is 0 Å². The number of imide groups is 1. The van der Waals surface area contributed by atoms with E-state index in [2.05, 4.69) is 9.78 Å². The molecule has 2 amide bonds. The van der Waals surface area contributed by atoms with Crippen LogP contribution in [0.1, 0.15) is 61.3 Å². The Labute approximate surface area is 177 Å². The third kappa shape index (κ3) is 11.7. The molecule has 10 heteroatoms. The minimum Gasteiger partial charge on any atom is -0.467 e. The molecule has 0 aromatic rings. The smallest absolute Gasteiger partial charge is 0.420 e. The molecule has 0 heterocycles. The van der Waals surface area contributed by atoms with Gasteiger partial charge in [0.2, 0.25) is 0 Å². The Morgan fingerprint density at radius 3 is 1.87 bits per heavy atom. The number of carbonyl (C=O) groups is 3. The van der Waals surface area contributed by atoms with Gasteiger partial charge in [-0.15, -0.1) is 0 Å². The van der Waals surface area contributed by atoms with Crippen LogP contribution in [0.25, 0.3) is 0 Å². The van der Waals surface area contributed by atoms with Gasteiger partial charge in [0.15, 0.2) is 0 Å². The number of methoxy groups -OCH3 is 1. The van der Waals surface area contributed by atoms with E-state index in [1.807, 2.05) is 0 Å². The first-order valence-electron chi connectivity index (χ1n) is 9.63. The second-order valence-electron chi connectivity index (χ2n) is 8.27. The zero-order chi connectivity index (χ0) is 23.5. The monoisotopic (exact) mass is 435 g/mol. The third-order valence-electron chi connectivity index (χ3n) is 3.17. The molecule has 0 aromatic heterocycles. The van der Waals surface area contributed by atoms with Crippen molar-refractivity contribution in [1.29, 1.82) is 0 Å². The van der Waals surface area contributed by atoms with Gasteiger partial charge in [-0.1, -0.05) is 6.08 Å². The van der Waals surface area contributed by atoms with Crippen LogP contribution in [0.15, 0.2) is 11.9 Å². The molecule has 0 rings (SSSR count). The standard InChI is InChI=1S/C20H34FNO8/c1-9-27-28-13-14(21)11-10-12-15(16(23)26-8)22(17(24)29-19(2,3)4)18(25)30-20(5,6)7/h11,15H,9-10,12-13H2,1-8H3/b14-11-/t15-/m0/s1. The molecule has 0 aliphatic rings. The molecular formula is C20H34FNO8. The summed E-state index contributed by atoms with van der Waals surface area (Å²) in [5.41, 5.74) is -1.86. The van der Waals surface area contributed by atoms with Crippen LogP contribution in [0.2, 0.25) is 0 Å². The highest BCUT2D eigenvalue weighted by Gasteiger charge is 2.40. The van der Waals surface area contributed by atoms with Crippen LogP contribution in [-0.2, 0) is 28.8 Å². The second-order valence-corrected chi connectivity index (χ2v) is 8.27. The molecule has 9 nitrogen and oxygen atoms in total. The molecule has 0 bridgehead atoms. The van der Waals surface area contributed by atoms with Crippen molar-refractivity contribution in [2.75, 3.05) is 20.3 Å². The highest BCUT2D eigenvalue weighted by Crippen LogP contribution is 2.20. The fourth-order valence-corrected chi connectivity index (χ4v) is 2.08. The first-order valence-corrected chi connectivity index (χ1v) is 9.63. The van der Waals surface area contributed by atoms with Crippen molar-refractivity contribution < 1.29 is 42.8 Å². The first kappa shape index (κ1) is 27.8. The number of rotatable bonds is 9. The predicted molar refractivity (Wildman–Crippen MR) is 106 cm³/mol. The number of esters is 1. The summed E-state index contributed by atoms with van der Waals surface area (Å²) in [6.45, 7) is 11.2. The lowest BCUT2D eigenvalue weighted by Crippen LogP contribution is -2.52. The van der Waals surface area contributed by atoms with Gasteiger partial charge in [0.05, 0.1) is 13.7 Å². The fourth-order valence-electron chi connectivity index (χ4n) is 2.08. The normalized spacial score (nSPS) is 13.4. The maximum Gasteiger partial charge on any atom is 0.420 e. The molecule has 0 unspecified atom stereocenters. The summed E-state index contributed by atoms with van der Waals surface area (Å²) >= 11 is 0. The summed E-state index contributed by atoms with van der Waals surface area (Å²) in [4.78, 5) is 47.5. The van der Waals surface area contributed by atoms with E-state index < -0.39 is 47.8 Å². The number of allylic oxidation sites excluding steroid dienone is 1. The Bertz CT molecular complexity index is 579. The molecule has 0 radical (unpaired) electrons. The molecule has 0 aliphatic carbocycles. The van der Waals surface area contributed by atoms with Crippen molar-refractivity contribution in [2.45, 2.75) is 78.6 Å². The summed E-state index contributed by atoms with van der Waals surface area (Å²) in [6.07, 6.45) is -1.10. The number of hydrogen-bond acceptors (Lipinski definition) is 8. The van der Waals surface area contributed by atoms with Gasteiger partial charge in [-0.05, 0) is 61.3 Å². The number of amides is 2. The minimum absolute atomic E-state index is 0.00316. The van der Waals surface area contributed by atoms with E-state index in [0.29, 0.717) is 4.90 Å². The number of ether oxygens (including phenoxy) is 3. The zero-order valence-corrected chi connectivity index (χ0v) is 19.1. The quantitative estimate of drug-likeness (QED) is 0.174. The number of hydrogen-bond donors (Lipinski definition) is 0. The van der Waals surface area contributed by atoms with Gasteiger partial charge in [0.1, 0.15) is 29.7 Å². The molecule has 0 N–H and O–H groups in total. The van der Waals surface area contributed by atoms with Gasteiger partial charge in [0, 0.05) is 0 Å². The van der Waals surface area contributed by atoms with Crippen LogP contribution in [0.4, 0.5) is 14.0 Å². The minimum atomic E-state index is -1.38. The van der Waals surface area contributed by atoms with Crippen LogP contribution in [0.5, 0.6) is 0 Å². The first-order chi connectivity index (χ1) is 13.7. The Hall–Kier alpha value is -2.20. The van der Waals surface area contributed by atoms with E-state index in [1.54, 1.807) is 48.5 Å². The Morgan fingerprint density at radius 2 is 1.47 bits per heavy atom. The molecule has 0 aliphatic heterocycles. The summed E-state index contributed by atoms with van der Waals surface area (Å²) < 4.78 is 29.0. The molecule has 0 aromatic carbocycles. The van der Waals surface area contributed by atoms with Gasteiger partial charge in [-0.25, -0.2) is 28.5 Å². The number of halogens is 1. The number of nitrogens with zero attached hydrogens (tertiary/aromatic N) is 1. The Morgan fingerprint density at radius 1 is 0.967 bits per heavy atom. The van der Waals surface area contributed by atoms with Crippen molar-refractivity contribution in [1.82, 2.24) is 4.90 Å². The van der Waals surface area contributed by atoms with Gasteiger partial charge in [-0.2, -0.15) is 4.90 Å². The van der Waals surface area contributed by atoms with E-state index in [9.17, 15) is 18.8 Å². The van der Waals surface area contributed by atoms with Gasteiger partial charge in [0.25, 0.3) is 0 Å². The second kappa shape index (κ2) is 12.5. The summed E-state index contributed by atoms with van der Waals surface area (Å²) in [5.74, 6) is -1.50. The lowest BCUT2D eigenvalue weighted by molar-refractivity contribution is -0.286. The maximum atomic E-state index is 13.8. The largest absolute Gasteiger partial charge is 0.467 e. The molecule has 0 saturated carbocycles.